The van der Waals surface area contributed by atoms with Crippen molar-refractivity contribution in [3.8, 4) is 22.5 Å². The normalized spacial score (nSPS) is 14.3. The molecule has 0 bridgehead atoms. The van der Waals surface area contributed by atoms with Crippen molar-refractivity contribution >= 4 is 41.0 Å². The first-order valence-corrected chi connectivity index (χ1v) is 10.8. The van der Waals surface area contributed by atoms with E-state index < -0.39 is 12.1 Å². The number of carbonyl (C=O) groups is 1. The molecule has 32 heavy (non-hydrogen) atoms. The van der Waals surface area contributed by atoms with E-state index in [4.69, 9.17) is 16.6 Å². The molecule has 7 heteroatoms. The quantitative estimate of drug-likeness (QED) is 0.523. The maximum absolute atomic E-state index is 12.1. The number of thiocarbonyl (C=S) groups is 1. The van der Waals surface area contributed by atoms with E-state index in [0.717, 1.165) is 0 Å². The Morgan fingerprint density at radius 3 is 2.53 bits per heavy atom. The number of rotatable bonds is 3. The van der Waals surface area contributed by atoms with Crippen molar-refractivity contribution in [2.45, 2.75) is 39.7 Å². The molecule has 1 aromatic rings. The number of anilines is 1. The number of hydrogen-bond acceptors (Lipinski definition) is 5. The molecule has 6 nitrogen and oxygen atoms in total. The van der Waals surface area contributed by atoms with E-state index >= 15 is 0 Å². The molecule has 3 N–H and O–H groups in total. The van der Waals surface area contributed by atoms with Crippen molar-refractivity contribution in [3.05, 3.63) is 62.8 Å². The van der Waals surface area contributed by atoms with Gasteiger partial charge in [0.25, 0.3) is 0 Å². The van der Waals surface area contributed by atoms with Gasteiger partial charge in [-0.3, -0.25) is 4.79 Å². The first kappa shape index (κ1) is 23.4. The smallest absolute Gasteiger partial charge is 0.336 e. The Bertz CT molecular complexity index is 1330. The average Bonchev–Trinajstić information content (AvgIpc) is 2.72. The van der Waals surface area contributed by atoms with Crippen LogP contribution in [0.15, 0.2) is 45.6 Å². The third-order valence-electron chi connectivity index (χ3n) is 4.72. The number of benzene rings is 2. The molecule has 0 fully saturated rings. The van der Waals surface area contributed by atoms with Crippen LogP contribution in [0.5, 0.6) is 0 Å². The van der Waals surface area contributed by atoms with E-state index in [0.29, 0.717) is 50.2 Å². The second kappa shape index (κ2) is 9.89. The highest BCUT2D eigenvalue weighted by Gasteiger charge is 2.22. The molecule has 2 aliphatic carbocycles. The van der Waals surface area contributed by atoms with E-state index in [1.807, 2.05) is 6.08 Å². The summed E-state index contributed by atoms with van der Waals surface area (Å²) in [4.78, 5) is 24.4. The molecular weight excluding hydrogens is 426 g/mol. The van der Waals surface area contributed by atoms with Gasteiger partial charge in [0.15, 0.2) is 5.43 Å². The van der Waals surface area contributed by atoms with Crippen molar-refractivity contribution in [1.29, 1.82) is 0 Å². The lowest BCUT2D eigenvalue weighted by molar-refractivity contribution is 0.0697. The van der Waals surface area contributed by atoms with Gasteiger partial charge in [0, 0.05) is 28.1 Å². The molecule has 1 aliphatic heterocycles. The number of fused-ring (bicyclic) bond motifs is 2. The zero-order valence-electron chi connectivity index (χ0n) is 18.1. The van der Waals surface area contributed by atoms with Crippen molar-refractivity contribution in [2.24, 2.45) is 0 Å². The van der Waals surface area contributed by atoms with Crippen LogP contribution < -0.4 is 21.4 Å². The van der Waals surface area contributed by atoms with Gasteiger partial charge >= 0.3 is 5.97 Å². The maximum Gasteiger partial charge on any atom is 0.336 e. The fraction of sp³-hybridized carbons (Fsp3) is 0.240. The van der Waals surface area contributed by atoms with Gasteiger partial charge in [0.05, 0.1) is 16.7 Å². The molecule has 0 aromatic heterocycles. The minimum Gasteiger partial charge on any atom is -0.478 e. The van der Waals surface area contributed by atoms with E-state index in [1.165, 1.54) is 24.6 Å². The largest absolute Gasteiger partial charge is 0.478 e. The molecule has 1 aromatic carbocycles. The molecule has 4 rings (SSSR count). The Labute approximate surface area is 190 Å². The highest BCUT2D eigenvalue weighted by Crippen LogP contribution is 2.33. The number of carboxylic acid groups (broad SMARTS) is 1. The van der Waals surface area contributed by atoms with Crippen LogP contribution in [0.1, 0.15) is 44.0 Å². The number of aliphatic hydroxyl groups is 1. The van der Waals surface area contributed by atoms with Crippen LogP contribution >= 0.6 is 12.2 Å². The zero-order chi connectivity index (χ0) is 23.4. The van der Waals surface area contributed by atoms with Gasteiger partial charge in [0.2, 0.25) is 0 Å². The molecule has 0 saturated carbocycles. The van der Waals surface area contributed by atoms with Crippen molar-refractivity contribution in [3.63, 3.8) is 0 Å². The van der Waals surface area contributed by atoms with Gasteiger partial charge in [-0.2, -0.15) is 0 Å². The summed E-state index contributed by atoms with van der Waals surface area (Å²) in [5, 5.41) is 23.5. The summed E-state index contributed by atoms with van der Waals surface area (Å²) in [5.74, 6) is -0.757. The summed E-state index contributed by atoms with van der Waals surface area (Å²) in [6, 6.07) is 9.40. The highest BCUT2D eigenvalue weighted by atomic mass is 32.1. The second-order valence-corrected chi connectivity index (χ2v) is 8.15. The number of carboxylic acids is 1. The number of aliphatic hydroxyl groups excluding tert-OH is 1. The summed E-state index contributed by atoms with van der Waals surface area (Å²) in [6.45, 7) is 5.96. The highest BCUT2D eigenvalue weighted by molar-refractivity contribution is 7.80. The summed E-state index contributed by atoms with van der Waals surface area (Å²) >= 11 is 5.05. The van der Waals surface area contributed by atoms with Gasteiger partial charge in [-0.15, -0.1) is 0 Å². The van der Waals surface area contributed by atoms with Gasteiger partial charge in [-0.1, -0.05) is 44.6 Å². The summed E-state index contributed by atoms with van der Waals surface area (Å²) in [6.07, 6.45) is 4.32. The number of hydrogen-bond donors (Lipinski definition) is 3. The Hall–Kier alpha value is -3.29. The van der Waals surface area contributed by atoms with Crippen LogP contribution in [0.25, 0.3) is 34.6 Å². The minimum absolute atomic E-state index is 0.0895. The van der Waals surface area contributed by atoms with Gasteiger partial charge in [-0.25, -0.2) is 4.79 Å². The minimum atomic E-state index is -1.09. The Balaban J connectivity index is 0.000000913. The van der Waals surface area contributed by atoms with Crippen LogP contribution in [0.2, 0.25) is 0 Å². The van der Waals surface area contributed by atoms with Crippen LogP contribution in [-0.4, -0.2) is 27.3 Å². The SMILES string of the molecule is CC(=S)Nc1ccc(-c2c3ccc(=O)cc-3oc3c2=CCC(O)C=3)c(C(=O)O)c1.CCC. The summed E-state index contributed by atoms with van der Waals surface area (Å²) in [7, 11) is 0. The molecule has 1 unspecified atom stereocenters. The lowest BCUT2D eigenvalue weighted by Crippen LogP contribution is -2.34. The number of nitrogens with one attached hydrogen (secondary N) is 1. The summed E-state index contributed by atoms with van der Waals surface area (Å²) in [5.41, 5.74) is 2.61. The molecule has 0 radical (unpaired) electrons. The maximum atomic E-state index is 12.1. The fourth-order valence-corrected chi connectivity index (χ4v) is 3.67. The Morgan fingerprint density at radius 2 is 1.88 bits per heavy atom. The van der Waals surface area contributed by atoms with E-state index in [1.54, 1.807) is 31.2 Å². The molecule has 1 atom stereocenters. The fourth-order valence-electron chi connectivity index (χ4n) is 3.55. The van der Waals surface area contributed by atoms with E-state index in [9.17, 15) is 19.8 Å². The predicted octanol–water partition coefficient (Wildman–Crippen LogP) is 3.61. The van der Waals surface area contributed by atoms with Crippen LogP contribution in [-0.2, 0) is 0 Å². The molecule has 0 spiro atoms. The number of aromatic carboxylic acids is 1. The molecule has 0 amide bonds. The first-order chi connectivity index (χ1) is 15.2. The molecular formula is C25H25NO5S. The van der Waals surface area contributed by atoms with Crippen molar-refractivity contribution < 1.29 is 19.4 Å². The third-order valence-corrected chi connectivity index (χ3v) is 4.83. The second-order valence-electron chi connectivity index (χ2n) is 7.54. The predicted molar refractivity (Wildman–Crippen MR) is 131 cm³/mol. The van der Waals surface area contributed by atoms with E-state index in [-0.39, 0.29) is 11.0 Å². The zero-order valence-corrected chi connectivity index (χ0v) is 19.0. The van der Waals surface area contributed by atoms with Crippen molar-refractivity contribution in [2.75, 3.05) is 5.32 Å². The van der Waals surface area contributed by atoms with Crippen molar-refractivity contribution in [1.82, 2.24) is 0 Å². The van der Waals surface area contributed by atoms with Gasteiger partial charge in [-0.05, 0) is 49.2 Å². The first-order valence-electron chi connectivity index (χ1n) is 10.4. The lowest BCUT2D eigenvalue weighted by atomic mass is 9.90. The summed E-state index contributed by atoms with van der Waals surface area (Å²) < 4.78 is 5.85. The molecule has 3 aliphatic rings. The van der Waals surface area contributed by atoms with Crippen LogP contribution in [0.4, 0.5) is 5.69 Å². The van der Waals surface area contributed by atoms with Crippen LogP contribution in [0, 0.1) is 0 Å². The lowest BCUT2D eigenvalue weighted by Gasteiger charge is -2.18. The third kappa shape index (κ3) is 4.95. The Morgan fingerprint density at radius 1 is 1.19 bits per heavy atom. The monoisotopic (exact) mass is 451 g/mol. The molecule has 166 valence electrons. The Kier molecular flexibility index (Phi) is 7.22. The van der Waals surface area contributed by atoms with Crippen LogP contribution in [0.3, 0.4) is 0 Å². The molecule has 0 saturated heterocycles. The van der Waals surface area contributed by atoms with Gasteiger partial charge in [0.1, 0.15) is 11.2 Å². The average molecular weight is 452 g/mol. The topological polar surface area (TPSA) is 99.8 Å². The van der Waals surface area contributed by atoms with E-state index in [2.05, 4.69) is 19.2 Å². The standard InChI is InChI=1S/C22H17NO5S.C3H8/c1-11(29)23-12-2-5-15(18(8-12)22(26)27)21-16-6-3-13(24)9-19(16)28-20-10-14(25)4-7-17(20)21;1-3-2/h2-3,5-10,14,25H,4H2,1H3,(H,23,29)(H,26,27);3H2,1-2H3. The molecule has 1 heterocycles. The van der Waals surface area contributed by atoms with Gasteiger partial charge < -0.3 is 19.9 Å².